The number of halogens is 1. The third-order valence-corrected chi connectivity index (χ3v) is 5.23. The van der Waals surface area contributed by atoms with Gasteiger partial charge in [-0.25, -0.2) is 0 Å². The Balaban J connectivity index is 1.60. The zero-order valence-corrected chi connectivity index (χ0v) is 14.7. The molecule has 0 atom stereocenters. The van der Waals surface area contributed by atoms with E-state index in [4.69, 9.17) is 5.26 Å². The van der Waals surface area contributed by atoms with Gasteiger partial charge >= 0.3 is 0 Å². The molecule has 130 valence electrons. The van der Waals surface area contributed by atoms with Crippen molar-refractivity contribution < 1.29 is 4.39 Å². The Morgan fingerprint density at radius 1 is 1.04 bits per heavy atom. The smallest absolute Gasteiger partial charge is 0.0991 e. The first-order valence-electron chi connectivity index (χ1n) is 9.53. The number of allylic oxidation sites excluding steroid dienone is 2. The van der Waals surface area contributed by atoms with Crippen LogP contribution in [0.3, 0.4) is 0 Å². The lowest BCUT2D eigenvalue weighted by Gasteiger charge is -2.26. The molecule has 0 N–H and O–H groups in total. The molecular weight excluding hydrogens is 297 g/mol. The molecule has 1 nitrogen and oxygen atoms in total. The van der Waals surface area contributed by atoms with Crippen molar-refractivity contribution in [2.24, 2.45) is 11.8 Å². The monoisotopic (exact) mass is 327 g/mol. The number of alkyl halides is 1. The van der Waals surface area contributed by atoms with Crippen molar-refractivity contribution in [3.05, 3.63) is 47.5 Å². The minimum absolute atomic E-state index is 0.170. The van der Waals surface area contributed by atoms with E-state index in [-0.39, 0.29) is 6.67 Å². The highest BCUT2D eigenvalue weighted by Crippen LogP contribution is 2.32. The van der Waals surface area contributed by atoms with E-state index in [9.17, 15) is 4.39 Å². The Kier molecular flexibility index (Phi) is 8.60. The molecule has 0 aromatic heterocycles. The zero-order chi connectivity index (χ0) is 17.0. The topological polar surface area (TPSA) is 23.8 Å². The van der Waals surface area contributed by atoms with Gasteiger partial charge in [-0.3, -0.25) is 4.39 Å². The van der Waals surface area contributed by atoms with Gasteiger partial charge in [0.15, 0.2) is 0 Å². The van der Waals surface area contributed by atoms with Gasteiger partial charge in [-0.05, 0) is 87.3 Å². The summed E-state index contributed by atoms with van der Waals surface area (Å²) >= 11 is 0. The maximum atomic E-state index is 12.0. The van der Waals surface area contributed by atoms with Crippen molar-refractivity contribution in [1.29, 1.82) is 5.26 Å². The molecule has 2 rings (SSSR count). The van der Waals surface area contributed by atoms with E-state index >= 15 is 0 Å². The molecular formula is C22H30FN. The molecule has 0 unspecified atom stereocenters. The zero-order valence-electron chi connectivity index (χ0n) is 14.7. The average molecular weight is 327 g/mol. The normalized spacial score (nSPS) is 21.0. The molecule has 2 heteroatoms. The Hall–Kier alpha value is -1.62. The molecule has 1 aromatic carbocycles. The largest absolute Gasteiger partial charge is 0.251 e. The highest BCUT2D eigenvalue weighted by molar-refractivity contribution is 5.31. The maximum Gasteiger partial charge on any atom is 0.0991 e. The maximum absolute atomic E-state index is 12.0. The molecule has 1 aromatic rings. The third-order valence-electron chi connectivity index (χ3n) is 5.23. The summed E-state index contributed by atoms with van der Waals surface area (Å²) in [4.78, 5) is 0. The first-order chi connectivity index (χ1) is 11.8. The van der Waals surface area contributed by atoms with E-state index in [1.54, 1.807) is 0 Å². The Morgan fingerprint density at radius 3 is 2.46 bits per heavy atom. The van der Waals surface area contributed by atoms with Gasteiger partial charge in [-0.2, -0.15) is 5.26 Å². The summed E-state index contributed by atoms with van der Waals surface area (Å²) in [6.45, 7) is -0.170. The van der Waals surface area contributed by atoms with E-state index < -0.39 is 0 Å². The quantitative estimate of drug-likeness (QED) is 0.381. The van der Waals surface area contributed by atoms with Crippen molar-refractivity contribution in [2.45, 2.75) is 64.2 Å². The lowest BCUT2D eigenvalue weighted by atomic mass is 9.79. The predicted octanol–water partition coefficient (Wildman–Crippen LogP) is 6.38. The lowest BCUT2D eigenvalue weighted by molar-refractivity contribution is 0.296. The molecule has 0 bridgehead atoms. The highest BCUT2D eigenvalue weighted by atomic mass is 19.1. The van der Waals surface area contributed by atoms with Crippen molar-refractivity contribution in [2.75, 3.05) is 6.67 Å². The molecule has 0 amide bonds. The van der Waals surface area contributed by atoms with Crippen LogP contribution < -0.4 is 0 Å². The van der Waals surface area contributed by atoms with E-state index in [2.05, 4.69) is 30.4 Å². The van der Waals surface area contributed by atoms with Crippen LogP contribution in [0.1, 0.15) is 68.9 Å². The molecule has 0 spiro atoms. The van der Waals surface area contributed by atoms with Gasteiger partial charge in [-0.1, -0.05) is 30.7 Å². The van der Waals surface area contributed by atoms with Gasteiger partial charge in [0.05, 0.1) is 18.3 Å². The van der Waals surface area contributed by atoms with E-state index in [0.717, 1.165) is 49.5 Å². The van der Waals surface area contributed by atoms with Gasteiger partial charge in [-0.15, -0.1) is 0 Å². The molecule has 0 aliphatic heterocycles. The first-order valence-corrected chi connectivity index (χ1v) is 9.53. The Bertz CT molecular complexity index is 518. The first kappa shape index (κ1) is 18.7. The average Bonchev–Trinajstić information content (AvgIpc) is 2.64. The summed E-state index contributed by atoms with van der Waals surface area (Å²) in [5.74, 6) is 1.62. The Morgan fingerprint density at radius 2 is 1.79 bits per heavy atom. The molecule has 1 fully saturated rings. The fourth-order valence-electron chi connectivity index (χ4n) is 3.61. The van der Waals surface area contributed by atoms with Gasteiger partial charge in [0.25, 0.3) is 0 Å². The number of unbranched alkanes of at least 4 members (excludes halogenated alkanes) is 3. The second-order valence-corrected chi connectivity index (χ2v) is 7.09. The third kappa shape index (κ3) is 6.87. The van der Waals surface area contributed by atoms with Gasteiger partial charge < -0.3 is 0 Å². The van der Waals surface area contributed by atoms with Crippen LogP contribution in [-0.4, -0.2) is 6.67 Å². The fourth-order valence-corrected chi connectivity index (χ4v) is 3.61. The van der Waals surface area contributed by atoms with Crippen molar-refractivity contribution in [1.82, 2.24) is 0 Å². The van der Waals surface area contributed by atoms with Crippen LogP contribution in [0.5, 0.6) is 0 Å². The molecule has 0 saturated heterocycles. The molecule has 1 aliphatic rings. The minimum Gasteiger partial charge on any atom is -0.251 e. The standard InChI is InChI=1S/C22H30FN/c23-17-5-3-1-2-4-6-19-7-9-20(10-8-19)11-12-21-13-15-22(18-24)16-14-21/h4,6,13-16,19-20H,1-3,5,7-12,17H2. The predicted molar refractivity (Wildman–Crippen MR) is 98.5 cm³/mol. The number of rotatable bonds is 9. The molecule has 0 heterocycles. The summed E-state index contributed by atoms with van der Waals surface area (Å²) in [6.07, 6.45) is 16.4. The highest BCUT2D eigenvalue weighted by Gasteiger charge is 2.19. The van der Waals surface area contributed by atoms with Crippen LogP contribution in [0.25, 0.3) is 0 Å². The van der Waals surface area contributed by atoms with Crippen molar-refractivity contribution >= 4 is 0 Å². The Labute approximate surface area is 146 Å². The molecule has 24 heavy (non-hydrogen) atoms. The van der Waals surface area contributed by atoms with Crippen LogP contribution in [0.15, 0.2) is 36.4 Å². The molecule has 1 saturated carbocycles. The van der Waals surface area contributed by atoms with Gasteiger partial charge in [0.2, 0.25) is 0 Å². The summed E-state index contributed by atoms with van der Waals surface area (Å²) < 4.78 is 12.0. The number of benzene rings is 1. The van der Waals surface area contributed by atoms with Crippen molar-refractivity contribution in [3.8, 4) is 6.07 Å². The summed E-state index contributed by atoms with van der Waals surface area (Å²) in [5.41, 5.74) is 2.10. The van der Waals surface area contributed by atoms with Crippen LogP contribution >= 0.6 is 0 Å². The summed E-state index contributed by atoms with van der Waals surface area (Å²) in [6, 6.07) is 10.2. The summed E-state index contributed by atoms with van der Waals surface area (Å²) in [7, 11) is 0. The number of hydrogen-bond donors (Lipinski definition) is 0. The molecule has 1 aliphatic carbocycles. The fraction of sp³-hybridized carbons (Fsp3) is 0.591. The van der Waals surface area contributed by atoms with Crippen molar-refractivity contribution in [3.63, 3.8) is 0 Å². The van der Waals surface area contributed by atoms with E-state index in [1.807, 2.05) is 12.1 Å². The number of aryl methyl sites for hydroxylation is 1. The number of hydrogen-bond acceptors (Lipinski definition) is 1. The number of nitriles is 1. The SMILES string of the molecule is N#Cc1ccc(CCC2CCC(C=CCCCCCF)CC2)cc1. The van der Waals surface area contributed by atoms with Crippen LogP contribution in [0, 0.1) is 23.2 Å². The van der Waals surface area contributed by atoms with Gasteiger partial charge in [0.1, 0.15) is 0 Å². The summed E-state index contributed by atoms with van der Waals surface area (Å²) in [5, 5.41) is 8.83. The van der Waals surface area contributed by atoms with Gasteiger partial charge in [0, 0.05) is 0 Å². The second-order valence-electron chi connectivity index (χ2n) is 7.09. The molecule has 0 radical (unpaired) electrons. The van der Waals surface area contributed by atoms with Crippen LogP contribution in [0.2, 0.25) is 0 Å². The van der Waals surface area contributed by atoms with E-state index in [0.29, 0.717) is 0 Å². The second kappa shape index (κ2) is 11.0. The van der Waals surface area contributed by atoms with E-state index in [1.165, 1.54) is 37.7 Å². The minimum atomic E-state index is -0.170. The number of nitrogens with zero attached hydrogens (tertiary/aromatic N) is 1. The lowest BCUT2D eigenvalue weighted by Crippen LogP contribution is -2.13. The van der Waals surface area contributed by atoms with Crippen LogP contribution in [0.4, 0.5) is 4.39 Å². The van der Waals surface area contributed by atoms with Crippen LogP contribution in [-0.2, 0) is 6.42 Å².